The normalized spacial score (nSPS) is 17.4. The Kier molecular flexibility index (Phi) is 7.12. The van der Waals surface area contributed by atoms with Crippen LogP contribution in [0.2, 0.25) is 10.0 Å². The lowest BCUT2D eigenvalue weighted by molar-refractivity contribution is -0.156. The highest BCUT2D eigenvalue weighted by Gasteiger charge is 2.29. The lowest BCUT2D eigenvalue weighted by Gasteiger charge is -2.32. The van der Waals surface area contributed by atoms with Gasteiger partial charge in [0.15, 0.2) is 0 Å². The summed E-state index contributed by atoms with van der Waals surface area (Å²) >= 11 is 11.8. The van der Waals surface area contributed by atoms with Gasteiger partial charge >= 0.3 is 6.18 Å². The molecule has 1 saturated heterocycles. The zero-order valence-corrected chi connectivity index (χ0v) is 13.1. The highest BCUT2D eigenvalue weighted by Crippen LogP contribution is 2.27. The molecule has 2 N–H and O–H groups in total. The third-order valence-corrected chi connectivity index (χ3v) is 3.92. The van der Waals surface area contributed by atoms with Crippen LogP contribution in [0.4, 0.5) is 13.2 Å². The van der Waals surface area contributed by atoms with Gasteiger partial charge in [0.25, 0.3) is 0 Å². The van der Waals surface area contributed by atoms with Crippen LogP contribution in [0.15, 0.2) is 18.2 Å². The average molecular weight is 358 g/mol. The van der Waals surface area contributed by atoms with Crippen molar-refractivity contribution in [2.75, 3.05) is 13.1 Å². The fraction of sp³-hybridized carbons (Fsp3) is 0.500. The molecule has 0 unspecified atom stereocenters. The largest absolute Gasteiger partial charge is 0.446 e. The molecule has 0 aliphatic carbocycles. The molecule has 0 atom stereocenters. The predicted molar refractivity (Wildman–Crippen MR) is 79.3 cm³/mol. The van der Waals surface area contributed by atoms with Crippen LogP contribution in [0.5, 0.6) is 0 Å². The number of aliphatic hydroxyl groups is 1. The van der Waals surface area contributed by atoms with Crippen LogP contribution in [-0.2, 0) is 11.2 Å². The molecule has 1 aromatic rings. The Morgan fingerprint density at radius 3 is 2.23 bits per heavy atom. The summed E-state index contributed by atoms with van der Waals surface area (Å²) in [5.41, 5.74) is 0.446. The van der Waals surface area contributed by atoms with Gasteiger partial charge in [-0.25, -0.2) is 0 Å². The zero-order chi connectivity index (χ0) is 16.8. The first-order valence-electron chi connectivity index (χ1n) is 6.55. The molecule has 2 rings (SSSR count). The highest BCUT2D eigenvalue weighted by molar-refractivity contribution is 6.42. The van der Waals surface area contributed by atoms with E-state index in [0.29, 0.717) is 16.5 Å². The maximum atomic E-state index is 10.4. The quantitative estimate of drug-likeness (QED) is 0.797. The molecule has 1 aliphatic rings. The van der Waals surface area contributed by atoms with Crippen LogP contribution < -0.4 is 5.32 Å². The number of aldehydes is 1. The number of piperidine rings is 1. The van der Waals surface area contributed by atoms with Crippen LogP contribution in [0.1, 0.15) is 18.4 Å². The van der Waals surface area contributed by atoms with Crippen LogP contribution >= 0.6 is 23.2 Å². The van der Waals surface area contributed by atoms with E-state index in [0.717, 1.165) is 31.5 Å². The summed E-state index contributed by atoms with van der Waals surface area (Å²) in [6.45, 7) is 1.75. The van der Waals surface area contributed by atoms with Crippen LogP contribution in [0.25, 0.3) is 0 Å². The van der Waals surface area contributed by atoms with Gasteiger partial charge in [-0.05, 0) is 43.6 Å². The fourth-order valence-corrected chi connectivity index (χ4v) is 2.42. The molecule has 0 spiro atoms. The lowest BCUT2D eigenvalue weighted by atomic mass is 9.86. The molecule has 0 aromatic heterocycles. The van der Waals surface area contributed by atoms with Crippen molar-refractivity contribution in [1.29, 1.82) is 0 Å². The van der Waals surface area contributed by atoms with Crippen molar-refractivity contribution >= 4 is 29.5 Å². The molecule has 0 bridgehead atoms. The minimum atomic E-state index is -4.64. The molecule has 1 aromatic carbocycles. The first kappa shape index (κ1) is 19.2. The van der Waals surface area contributed by atoms with Crippen molar-refractivity contribution in [1.82, 2.24) is 5.32 Å². The number of alkyl halides is 3. The monoisotopic (exact) mass is 357 g/mol. The number of halogens is 5. The molecule has 22 heavy (non-hydrogen) atoms. The number of hydrogen-bond donors (Lipinski definition) is 2. The molecule has 3 nitrogen and oxygen atoms in total. The molecule has 1 fully saturated rings. The summed E-state index contributed by atoms with van der Waals surface area (Å²) in [6, 6.07) is 5.54. The van der Waals surface area contributed by atoms with Gasteiger partial charge in [0.2, 0.25) is 6.29 Å². The van der Waals surface area contributed by atoms with E-state index in [4.69, 9.17) is 28.0 Å². The molecule has 1 aliphatic heterocycles. The second-order valence-corrected chi connectivity index (χ2v) is 5.87. The van der Waals surface area contributed by atoms with E-state index in [2.05, 4.69) is 5.32 Å². The minimum absolute atomic E-state index is 0.553. The van der Waals surface area contributed by atoms with E-state index >= 15 is 0 Å². The molecule has 124 valence electrons. The second-order valence-electron chi connectivity index (χ2n) is 5.06. The number of carbonyl (C=O) groups is 1. The highest BCUT2D eigenvalue weighted by atomic mass is 35.5. The minimum Gasteiger partial charge on any atom is -0.389 e. The number of carbonyl (C=O) groups excluding carboxylic acids is 1. The van der Waals surface area contributed by atoms with Gasteiger partial charge in [-0.1, -0.05) is 29.3 Å². The van der Waals surface area contributed by atoms with Crippen LogP contribution in [0, 0.1) is 0 Å². The van der Waals surface area contributed by atoms with E-state index in [9.17, 15) is 18.3 Å². The van der Waals surface area contributed by atoms with Crippen molar-refractivity contribution in [2.45, 2.75) is 31.0 Å². The maximum Gasteiger partial charge on any atom is 0.446 e. The first-order chi connectivity index (χ1) is 10.2. The molecular formula is C14H16Cl2F3NO2. The maximum absolute atomic E-state index is 10.4. The number of nitrogens with one attached hydrogen (secondary N) is 1. The second kappa shape index (κ2) is 8.15. The van der Waals surface area contributed by atoms with Crippen LogP contribution in [0.3, 0.4) is 0 Å². The number of rotatable bonds is 2. The van der Waals surface area contributed by atoms with Gasteiger partial charge in [0, 0.05) is 6.42 Å². The Bertz CT molecular complexity index is 503. The van der Waals surface area contributed by atoms with Crippen molar-refractivity contribution in [2.24, 2.45) is 0 Å². The number of benzene rings is 1. The SMILES string of the molecule is O=CC(F)(F)F.OC1(Cc2ccc(Cl)c(Cl)c2)CCNCC1. The molecule has 1 heterocycles. The Hall–Kier alpha value is -0.820. The molecule has 0 amide bonds. The summed E-state index contributed by atoms with van der Waals surface area (Å²) in [4.78, 5) is 8.70. The topological polar surface area (TPSA) is 49.3 Å². The van der Waals surface area contributed by atoms with E-state index in [1.807, 2.05) is 12.1 Å². The van der Waals surface area contributed by atoms with E-state index < -0.39 is 18.1 Å². The Morgan fingerprint density at radius 1 is 1.23 bits per heavy atom. The standard InChI is InChI=1S/C12H15Cl2NO.C2HF3O/c13-10-2-1-9(7-11(10)14)8-12(16)3-5-15-6-4-12;3-2(4,5)1-6/h1-2,7,15-16H,3-6,8H2;1H. The summed E-state index contributed by atoms with van der Waals surface area (Å²) in [6.07, 6.45) is -3.49. The summed E-state index contributed by atoms with van der Waals surface area (Å²) in [5, 5.41) is 14.7. The molecule has 8 heteroatoms. The Morgan fingerprint density at radius 2 is 1.77 bits per heavy atom. The molecular weight excluding hydrogens is 342 g/mol. The zero-order valence-electron chi connectivity index (χ0n) is 11.6. The molecule has 0 radical (unpaired) electrons. The van der Waals surface area contributed by atoms with Gasteiger partial charge in [0.1, 0.15) is 0 Å². The van der Waals surface area contributed by atoms with Gasteiger partial charge in [-0.2, -0.15) is 13.2 Å². The van der Waals surface area contributed by atoms with Crippen molar-refractivity contribution in [3.05, 3.63) is 33.8 Å². The Balaban J connectivity index is 0.000000346. The summed E-state index contributed by atoms with van der Waals surface area (Å²) < 4.78 is 31.2. The van der Waals surface area contributed by atoms with Gasteiger partial charge < -0.3 is 10.4 Å². The number of hydrogen-bond acceptors (Lipinski definition) is 3. The molecule has 0 saturated carbocycles. The summed E-state index contributed by atoms with van der Waals surface area (Å²) in [5.74, 6) is 0. The predicted octanol–water partition coefficient (Wildman–Crippen LogP) is 3.40. The smallest absolute Gasteiger partial charge is 0.389 e. The third kappa shape index (κ3) is 6.96. The first-order valence-corrected chi connectivity index (χ1v) is 7.31. The van der Waals surface area contributed by atoms with Crippen LogP contribution in [-0.4, -0.2) is 36.3 Å². The average Bonchev–Trinajstić information content (AvgIpc) is 2.43. The van der Waals surface area contributed by atoms with Crippen molar-refractivity contribution < 1.29 is 23.1 Å². The van der Waals surface area contributed by atoms with Gasteiger partial charge in [-0.3, -0.25) is 4.79 Å². The lowest BCUT2D eigenvalue weighted by Crippen LogP contribution is -2.43. The van der Waals surface area contributed by atoms with E-state index in [1.165, 1.54) is 0 Å². The van der Waals surface area contributed by atoms with Crippen molar-refractivity contribution in [3.63, 3.8) is 0 Å². The fourth-order valence-electron chi connectivity index (χ4n) is 2.10. The van der Waals surface area contributed by atoms with E-state index in [1.54, 1.807) is 6.07 Å². The Labute approximate surface area is 136 Å². The summed E-state index contributed by atoms with van der Waals surface area (Å²) in [7, 11) is 0. The van der Waals surface area contributed by atoms with Gasteiger partial charge in [-0.15, -0.1) is 0 Å². The van der Waals surface area contributed by atoms with Gasteiger partial charge in [0.05, 0.1) is 15.6 Å². The van der Waals surface area contributed by atoms with Crippen molar-refractivity contribution in [3.8, 4) is 0 Å². The third-order valence-electron chi connectivity index (χ3n) is 3.19. The van der Waals surface area contributed by atoms with E-state index in [-0.39, 0.29) is 0 Å².